The van der Waals surface area contributed by atoms with Crippen LogP contribution in [0.3, 0.4) is 0 Å². The molecule has 2 heteroatoms. The lowest BCUT2D eigenvalue weighted by atomic mass is 9.92. The smallest absolute Gasteiger partial charge is 0.0590 e. The van der Waals surface area contributed by atoms with E-state index in [1.54, 1.807) is 0 Å². The first-order valence-corrected chi connectivity index (χ1v) is 7.05. The molecule has 98 valence electrons. The number of aliphatic hydroxyl groups is 2. The molecule has 0 spiro atoms. The lowest BCUT2D eigenvalue weighted by Crippen LogP contribution is -2.23. The van der Waals surface area contributed by atoms with Crippen LogP contribution in [0.1, 0.15) is 71.6 Å². The van der Waals surface area contributed by atoms with Gasteiger partial charge < -0.3 is 10.2 Å². The Balaban J connectivity index is 3.60. The predicted octanol–water partition coefficient (Wildman–Crippen LogP) is 3.51. The summed E-state index contributed by atoms with van der Waals surface area (Å²) >= 11 is 0. The van der Waals surface area contributed by atoms with E-state index in [-0.39, 0.29) is 18.6 Å². The Kier molecular flexibility index (Phi) is 11.3. The van der Waals surface area contributed by atoms with E-state index in [2.05, 4.69) is 13.8 Å². The molecule has 0 radical (unpaired) electrons. The summed E-state index contributed by atoms with van der Waals surface area (Å²) in [6.45, 7) is 4.51. The Morgan fingerprint density at radius 1 is 0.812 bits per heavy atom. The van der Waals surface area contributed by atoms with Crippen LogP contribution in [0.25, 0.3) is 0 Å². The van der Waals surface area contributed by atoms with Gasteiger partial charge in [0.25, 0.3) is 0 Å². The van der Waals surface area contributed by atoms with E-state index in [1.165, 1.54) is 32.1 Å². The van der Waals surface area contributed by atoms with Gasteiger partial charge in [0, 0.05) is 12.5 Å². The summed E-state index contributed by atoms with van der Waals surface area (Å²) in [5.74, 6) is 0.105. The van der Waals surface area contributed by atoms with E-state index < -0.39 is 0 Å². The van der Waals surface area contributed by atoms with Gasteiger partial charge in [-0.1, -0.05) is 58.8 Å². The Hall–Kier alpha value is -0.0800. The largest absolute Gasteiger partial charge is 0.396 e. The van der Waals surface area contributed by atoms with Crippen molar-refractivity contribution in [2.45, 2.75) is 77.7 Å². The van der Waals surface area contributed by atoms with Crippen LogP contribution in [-0.4, -0.2) is 22.9 Å². The third kappa shape index (κ3) is 8.12. The van der Waals surface area contributed by atoms with Gasteiger partial charge in [0.2, 0.25) is 0 Å². The summed E-state index contributed by atoms with van der Waals surface area (Å²) in [4.78, 5) is 0. The molecule has 0 saturated carbocycles. The molecule has 0 saturated heterocycles. The normalized spacial score (nSPS) is 15.0. The van der Waals surface area contributed by atoms with Crippen molar-refractivity contribution < 1.29 is 10.2 Å². The second-order valence-corrected chi connectivity index (χ2v) is 4.86. The van der Waals surface area contributed by atoms with E-state index in [0.717, 1.165) is 25.7 Å². The molecule has 0 bridgehead atoms. The summed E-state index contributed by atoms with van der Waals surface area (Å²) in [5.41, 5.74) is 0. The molecule has 0 amide bonds. The fourth-order valence-corrected chi connectivity index (χ4v) is 2.08. The van der Waals surface area contributed by atoms with Crippen molar-refractivity contribution in [1.29, 1.82) is 0 Å². The standard InChI is InChI=1S/C14H30O2/c1-3-5-7-9-11-14(16)13(12-15)10-8-6-4-2/h13-16H,3-12H2,1-2H3/t13-,14-/m1/s1. The summed E-state index contributed by atoms with van der Waals surface area (Å²) in [7, 11) is 0. The van der Waals surface area contributed by atoms with E-state index in [0.29, 0.717) is 0 Å². The van der Waals surface area contributed by atoms with Gasteiger partial charge in [-0.2, -0.15) is 0 Å². The first kappa shape index (κ1) is 15.9. The summed E-state index contributed by atoms with van der Waals surface area (Å²) in [6, 6.07) is 0. The van der Waals surface area contributed by atoms with Gasteiger partial charge in [-0.05, 0) is 12.8 Å². The zero-order valence-electron chi connectivity index (χ0n) is 11.1. The van der Waals surface area contributed by atoms with Gasteiger partial charge in [0.15, 0.2) is 0 Å². The Labute approximate surface area is 101 Å². The van der Waals surface area contributed by atoms with Gasteiger partial charge in [-0.25, -0.2) is 0 Å². The average Bonchev–Trinajstić information content (AvgIpc) is 2.30. The van der Waals surface area contributed by atoms with Crippen LogP contribution in [0.2, 0.25) is 0 Å². The quantitative estimate of drug-likeness (QED) is 0.533. The average molecular weight is 230 g/mol. The van der Waals surface area contributed by atoms with Crippen molar-refractivity contribution in [3.05, 3.63) is 0 Å². The highest BCUT2D eigenvalue weighted by molar-refractivity contribution is 4.68. The highest BCUT2D eigenvalue weighted by atomic mass is 16.3. The molecule has 0 aliphatic heterocycles. The third-order valence-corrected chi connectivity index (χ3v) is 3.31. The molecule has 16 heavy (non-hydrogen) atoms. The fourth-order valence-electron chi connectivity index (χ4n) is 2.08. The number of rotatable bonds is 11. The minimum absolute atomic E-state index is 0.105. The molecule has 0 aliphatic carbocycles. The van der Waals surface area contributed by atoms with Crippen molar-refractivity contribution in [2.75, 3.05) is 6.61 Å². The Bertz CT molecular complexity index is 137. The molecule has 0 fully saturated rings. The zero-order chi connectivity index (χ0) is 12.2. The predicted molar refractivity (Wildman–Crippen MR) is 69.5 cm³/mol. The van der Waals surface area contributed by atoms with Crippen LogP contribution in [0.5, 0.6) is 0 Å². The van der Waals surface area contributed by atoms with Crippen molar-refractivity contribution in [3.8, 4) is 0 Å². The Morgan fingerprint density at radius 3 is 1.94 bits per heavy atom. The number of unbranched alkanes of at least 4 members (excludes halogenated alkanes) is 5. The molecule has 0 aromatic rings. The molecule has 0 rings (SSSR count). The summed E-state index contributed by atoms with van der Waals surface area (Å²) in [5, 5.41) is 19.2. The summed E-state index contributed by atoms with van der Waals surface area (Å²) < 4.78 is 0. The van der Waals surface area contributed by atoms with E-state index in [1.807, 2.05) is 0 Å². The van der Waals surface area contributed by atoms with Gasteiger partial charge in [-0.3, -0.25) is 0 Å². The first-order valence-electron chi connectivity index (χ1n) is 7.05. The third-order valence-electron chi connectivity index (χ3n) is 3.31. The molecule has 0 aromatic carbocycles. The van der Waals surface area contributed by atoms with Crippen LogP contribution >= 0.6 is 0 Å². The van der Waals surface area contributed by atoms with Crippen molar-refractivity contribution >= 4 is 0 Å². The highest BCUT2D eigenvalue weighted by Crippen LogP contribution is 2.18. The number of hydrogen-bond acceptors (Lipinski definition) is 2. The van der Waals surface area contributed by atoms with E-state index >= 15 is 0 Å². The molecule has 0 aromatic heterocycles. The van der Waals surface area contributed by atoms with Crippen molar-refractivity contribution in [2.24, 2.45) is 5.92 Å². The zero-order valence-corrected chi connectivity index (χ0v) is 11.1. The van der Waals surface area contributed by atoms with Crippen LogP contribution in [0.15, 0.2) is 0 Å². The number of hydrogen-bond donors (Lipinski definition) is 2. The second kappa shape index (κ2) is 11.4. The lowest BCUT2D eigenvalue weighted by Gasteiger charge is -2.20. The molecule has 0 unspecified atom stereocenters. The molecule has 2 atom stereocenters. The minimum Gasteiger partial charge on any atom is -0.396 e. The van der Waals surface area contributed by atoms with E-state index in [9.17, 15) is 10.2 Å². The maximum atomic E-state index is 9.95. The SMILES string of the molecule is CCCCCC[C@@H](O)[C@@H](CO)CCCCC. The molecular formula is C14H30O2. The molecule has 2 N–H and O–H groups in total. The van der Waals surface area contributed by atoms with Crippen LogP contribution < -0.4 is 0 Å². The van der Waals surface area contributed by atoms with Crippen LogP contribution in [0.4, 0.5) is 0 Å². The monoisotopic (exact) mass is 230 g/mol. The van der Waals surface area contributed by atoms with Crippen molar-refractivity contribution in [1.82, 2.24) is 0 Å². The van der Waals surface area contributed by atoms with Gasteiger partial charge in [-0.15, -0.1) is 0 Å². The molecule has 2 nitrogen and oxygen atoms in total. The first-order chi connectivity index (χ1) is 7.76. The maximum Gasteiger partial charge on any atom is 0.0590 e. The van der Waals surface area contributed by atoms with E-state index in [4.69, 9.17) is 0 Å². The highest BCUT2D eigenvalue weighted by Gasteiger charge is 2.17. The fraction of sp³-hybridized carbons (Fsp3) is 1.00. The van der Waals surface area contributed by atoms with Gasteiger partial charge >= 0.3 is 0 Å². The minimum atomic E-state index is -0.293. The summed E-state index contributed by atoms with van der Waals surface area (Å²) in [6.07, 6.45) is 9.87. The topological polar surface area (TPSA) is 40.5 Å². The Morgan fingerprint density at radius 2 is 1.38 bits per heavy atom. The lowest BCUT2D eigenvalue weighted by molar-refractivity contribution is 0.0529. The maximum absolute atomic E-state index is 9.95. The molecule has 0 aliphatic rings. The van der Waals surface area contributed by atoms with Gasteiger partial charge in [0.1, 0.15) is 0 Å². The molecular weight excluding hydrogens is 200 g/mol. The number of aliphatic hydroxyl groups excluding tert-OH is 2. The second-order valence-electron chi connectivity index (χ2n) is 4.86. The van der Waals surface area contributed by atoms with Crippen LogP contribution in [-0.2, 0) is 0 Å². The van der Waals surface area contributed by atoms with Gasteiger partial charge in [0.05, 0.1) is 6.10 Å². The van der Waals surface area contributed by atoms with Crippen LogP contribution in [0, 0.1) is 5.92 Å². The molecule has 0 heterocycles. The van der Waals surface area contributed by atoms with Crippen molar-refractivity contribution in [3.63, 3.8) is 0 Å².